The first-order valence-corrected chi connectivity index (χ1v) is 14.2. The first kappa shape index (κ1) is 30.0. The third-order valence-electron chi connectivity index (χ3n) is 5.70. The number of amides is 2. The van der Waals surface area contributed by atoms with Crippen LogP contribution in [0.5, 0.6) is 11.5 Å². The SMILES string of the molecule is CCOc1ccc(N(CCCC(=O)N(Cc2ccc(OC)cc2)[C@H](C)C(=O)NC(C)C)S(C)(=O)=O)cc1. The maximum absolute atomic E-state index is 13.3. The maximum Gasteiger partial charge on any atom is 0.242 e. The van der Waals surface area contributed by atoms with E-state index in [1.54, 1.807) is 50.4 Å². The van der Waals surface area contributed by atoms with Gasteiger partial charge in [0.25, 0.3) is 0 Å². The highest BCUT2D eigenvalue weighted by atomic mass is 32.2. The molecule has 0 saturated heterocycles. The van der Waals surface area contributed by atoms with Crippen molar-refractivity contribution >= 4 is 27.5 Å². The van der Waals surface area contributed by atoms with Crippen molar-refractivity contribution < 1.29 is 27.5 Å². The van der Waals surface area contributed by atoms with Gasteiger partial charge in [0.15, 0.2) is 0 Å². The van der Waals surface area contributed by atoms with Gasteiger partial charge in [0.2, 0.25) is 21.8 Å². The van der Waals surface area contributed by atoms with Gasteiger partial charge in [-0.15, -0.1) is 0 Å². The lowest BCUT2D eigenvalue weighted by Gasteiger charge is -2.30. The van der Waals surface area contributed by atoms with Crippen molar-refractivity contribution in [3.63, 3.8) is 0 Å². The first-order valence-electron chi connectivity index (χ1n) is 12.4. The number of methoxy groups -OCH3 is 1. The van der Waals surface area contributed by atoms with E-state index < -0.39 is 16.1 Å². The van der Waals surface area contributed by atoms with Crippen LogP contribution in [0.1, 0.15) is 46.1 Å². The average molecular weight is 534 g/mol. The zero-order chi connectivity index (χ0) is 27.6. The lowest BCUT2D eigenvalue weighted by Crippen LogP contribution is -2.49. The van der Waals surface area contributed by atoms with E-state index in [1.807, 2.05) is 32.9 Å². The van der Waals surface area contributed by atoms with Gasteiger partial charge in [0.1, 0.15) is 17.5 Å². The fourth-order valence-electron chi connectivity index (χ4n) is 3.79. The van der Waals surface area contributed by atoms with Crippen molar-refractivity contribution in [3.05, 3.63) is 54.1 Å². The number of anilines is 1. The normalized spacial score (nSPS) is 12.1. The predicted molar refractivity (Wildman–Crippen MR) is 145 cm³/mol. The molecule has 0 aromatic heterocycles. The first-order chi connectivity index (χ1) is 17.5. The van der Waals surface area contributed by atoms with Crippen molar-refractivity contribution in [2.75, 3.05) is 30.8 Å². The Hall–Kier alpha value is -3.27. The second-order valence-corrected chi connectivity index (χ2v) is 11.0. The van der Waals surface area contributed by atoms with Crippen LogP contribution in [0.15, 0.2) is 48.5 Å². The van der Waals surface area contributed by atoms with Crippen LogP contribution in [-0.2, 0) is 26.2 Å². The second kappa shape index (κ2) is 13.9. The molecule has 2 aromatic carbocycles. The molecule has 0 aliphatic rings. The quantitative estimate of drug-likeness (QED) is 0.398. The van der Waals surface area contributed by atoms with Crippen LogP contribution in [-0.4, -0.2) is 63.7 Å². The smallest absolute Gasteiger partial charge is 0.242 e. The minimum absolute atomic E-state index is 0.0645. The number of carbonyl (C=O) groups excluding carboxylic acids is 2. The number of nitrogens with one attached hydrogen (secondary N) is 1. The molecule has 2 aromatic rings. The monoisotopic (exact) mass is 533 g/mol. The Morgan fingerprint density at radius 1 is 0.973 bits per heavy atom. The molecule has 0 unspecified atom stereocenters. The number of hydrogen-bond donors (Lipinski definition) is 1. The molecule has 0 saturated carbocycles. The van der Waals surface area contributed by atoms with E-state index in [2.05, 4.69) is 5.32 Å². The van der Waals surface area contributed by atoms with Crippen LogP contribution < -0.4 is 19.1 Å². The molecule has 0 fully saturated rings. The minimum Gasteiger partial charge on any atom is -0.497 e. The third-order valence-corrected chi connectivity index (χ3v) is 6.89. The van der Waals surface area contributed by atoms with Crippen LogP contribution in [0.2, 0.25) is 0 Å². The fraction of sp³-hybridized carbons (Fsp3) is 0.481. The van der Waals surface area contributed by atoms with Gasteiger partial charge in [0.05, 0.1) is 25.7 Å². The highest BCUT2D eigenvalue weighted by Gasteiger charge is 2.27. The molecule has 0 aliphatic carbocycles. The number of benzene rings is 2. The molecule has 1 atom stereocenters. The molecule has 2 rings (SSSR count). The molecule has 0 aliphatic heterocycles. The van der Waals surface area contributed by atoms with E-state index in [1.165, 1.54) is 9.21 Å². The minimum atomic E-state index is -3.57. The summed E-state index contributed by atoms with van der Waals surface area (Å²) in [6, 6.07) is 13.3. The summed E-state index contributed by atoms with van der Waals surface area (Å²) in [5.41, 5.74) is 1.35. The van der Waals surface area contributed by atoms with Crippen molar-refractivity contribution in [2.24, 2.45) is 0 Å². The molecule has 9 nitrogen and oxygen atoms in total. The highest BCUT2D eigenvalue weighted by molar-refractivity contribution is 7.92. The Kier molecular flexibility index (Phi) is 11.2. The van der Waals surface area contributed by atoms with Crippen molar-refractivity contribution in [2.45, 2.75) is 59.2 Å². The Labute approximate surface area is 220 Å². The number of nitrogens with zero attached hydrogens (tertiary/aromatic N) is 2. The second-order valence-electron chi connectivity index (χ2n) is 9.07. The zero-order valence-electron chi connectivity index (χ0n) is 22.6. The molecule has 0 heterocycles. The number of hydrogen-bond acceptors (Lipinski definition) is 6. The van der Waals surface area contributed by atoms with E-state index >= 15 is 0 Å². The molecule has 10 heteroatoms. The van der Waals surface area contributed by atoms with Crippen molar-refractivity contribution in [1.82, 2.24) is 10.2 Å². The predicted octanol–water partition coefficient (Wildman–Crippen LogP) is 3.58. The summed E-state index contributed by atoms with van der Waals surface area (Å²) in [7, 11) is -1.99. The lowest BCUT2D eigenvalue weighted by molar-refractivity contribution is -0.140. The summed E-state index contributed by atoms with van der Waals surface area (Å²) in [5, 5.41) is 2.86. The highest BCUT2D eigenvalue weighted by Crippen LogP contribution is 2.23. The van der Waals surface area contributed by atoms with Gasteiger partial charge in [-0.2, -0.15) is 0 Å². The summed E-state index contributed by atoms with van der Waals surface area (Å²) < 4.78 is 36.9. The van der Waals surface area contributed by atoms with Crippen LogP contribution >= 0.6 is 0 Å². The number of carbonyl (C=O) groups is 2. The van der Waals surface area contributed by atoms with Gasteiger partial charge in [0, 0.05) is 25.6 Å². The standard InChI is InChI=1S/C27H39N3O6S/c1-7-36-25-16-12-23(13-17-25)30(37(6,33)34)18-8-9-26(31)29(21(4)27(32)28-20(2)3)19-22-10-14-24(35-5)15-11-22/h10-17,20-21H,7-9,18-19H2,1-6H3,(H,28,32)/t21-/m1/s1. The summed E-state index contributed by atoms with van der Waals surface area (Å²) >= 11 is 0. The Morgan fingerprint density at radius 2 is 1.57 bits per heavy atom. The van der Waals surface area contributed by atoms with E-state index in [9.17, 15) is 18.0 Å². The van der Waals surface area contributed by atoms with E-state index in [-0.39, 0.29) is 43.8 Å². The topological polar surface area (TPSA) is 105 Å². The van der Waals surface area contributed by atoms with E-state index in [4.69, 9.17) is 9.47 Å². The van der Waals surface area contributed by atoms with Crippen molar-refractivity contribution in [1.29, 1.82) is 0 Å². The van der Waals surface area contributed by atoms with Gasteiger partial charge < -0.3 is 19.7 Å². The zero-order valence-corrected chi connectivity index (χ0v) is 23.4. The molecule has 204 valence electrons. The van der Waals surface area contributed by atoms with Crippen molar-refractivity contribution in [3.8, 4) is 11.5 Å². The molecule has 37 heavy (non-hydrogen) atoms. The fourth-order valence-corrected chi connectivity index (χ4v) is 4.76. The van der Waals surface area contributed by atoms with E-state index in [0.717, 1.165) is 11.8 Å². The van der Waals surface area contributed by atoms with Gasteiger partial charge in [-0.1, -0.05) is 12.1 Å². The number of sulfonamides is 1. The lowest BCUT2D eigenvalue weighted by atomic mass is 10.1. The molecule has 0 bridgehead atoms. The van der Waals surface area contributed by atoms with E-state index in [0.29, 0.717) is 23.8 Å². The summed E-state index contributed by atoms with van der Waals surface area (Å²) in [5.74, 6) is 0.867. The van der Waals surface area contributed by atoms with Crippen LogP contribution in [0.3, 0.4) is 0 Å². The van der Waals surface area contributed by atoms with Crippen LogP contribution in [0.4, 0.5) is 5.69 Å². The Morgan fingerprint density at radius 3 is 2.08 bits per heavy atom. The molecular formula is C27H39N3O6S. The van der Waals surface area contributed by atoms with Crippen LogP contribution in [0, 0.1) is 0 Å². The Bertz CT molecular complexity index is 1120. The molecule has 0 radical (unpaired) electrons. The molecular weight excluding hydrogens is 494 g/mol. The third kappa shape index (κ3) is 9.27. The van der Waals surface area contributed by atoms with Gasteiger partial charge in [-0.05, 0) is 76.1 Å². The largest absolute Gasteiger partial charge is 0.497 e. The number of rotatable bonds is 14. The molecule has 2 amide bonds. The summed E-state index contributed by atoms with van der Waals surface area (Å²) in [6.07, 6.45) is 1.51. The van der Waals surface area contributed by atoms with Gasteiger partial charge in [-0.3, -0.25) is 13.9 Å². The van der Waals surface area contributed by atoms with Gasteiger partial charge >= 0.3 is 0 Å². The Balaban J connectivity index is 2.15. The van der Waals surface area contributed by atoms with Gasteiger partial charge in [-0.25, -0.2) is 8.42 Å². The maximum atomic E-state index is 13.3. The summed E-state index contributed by atoms with van der Waals surface area (Å²) in [6.45, 7) is 8.17. The van der Waals surface area contributed by atoms with Crippen LogP contribution in [0.25, 0.3) is 0 Å². The molecule has 0 spiro atoms. The average Bonchev–Trinajstić information content (AvgIpc) is 2.84. The number of ether oxygens (including phenoxy) is 2. The molecule has 1 N–H and O–H groups in total. The summed E-state index contributed by atoms with van der Waals surface area (Å²) in [4.78, 5) is 27.6.